The summed E-state index contributed by atoms with van der Waals surface area (Å²) in [5.41, 5.74) is 0.445. The lowest BCUT2D eigenvalue weighted by molar-refractivity contribution is -0.129. The summed E-state index contributed by atoms with van der Waals surface area (Å²) < 4.78 is 6.85. The van der Waals surface area contributed by atoms with Crippen LogP contribution in [-0.4, -0.2) is 28.6 Å². The van der Waals surface area contributed by atoms with Crippen molar-refractivity contribution in [1.29, 1.82) is 0 Å². The summed E-state index contributed by atoms with van der Waals surface area (Å²) in [6, 6.07) is 3.67. The zero-order valence-electron chi connectivity index (χ0n) is 11.4. The van der Waals surface area contributed by atoms with Gasteiger partial charge in [0.05, 0.1) is 0 Å². The van der Waals surface area contributed by atoms with E-state index in [0.717, 1.165) is 25.7 Å². The van der Waals surface area contributed by atoms with Crippen molar-refractivity contribution in [3.63, 3.8) is 0 Å². The Morgan fingerprint density at radius 3 is 2.68 bits per heavy atom. The fourth-order valence-electron chi connectivity index (χ4n) is 2.34. The molecule has 0 aromatic carbocycles. The lowest BCUT2D eigenvalue weighted by atomic mass is 10.2. The van der Waals surface area contributed by atoms with Gasteiger partial charge < -0.3 is 14.6 Å². The standard InChI is InChI=1S/C14H20N2O3/c1-10(13(17)15-11-6-3-4-7-11)19-14(18)12-8-5-9-16(12)2/h5,8-11H,3-4,6-7H2,1-2H3,(H,15,17)/t10-/m0/s1. The lowest BCUT2D eigenvalue weighted by Crippen LogP contribution is -2.41. The Hall–Kier alpha value is -1.78. The molecule has 1 aliphatic carbocycles. The van der Waals surface area contributed by atoms with Crippen LogP contribution in [0.15, 0.2) is 18.3 Å². The predicted molar refractivity (Wildman–Crippen MR) is 70.7 cm³/mol. The molecule has 0 unspecified atom stereocenters. The van der Waals surface area contributed by atoms with Gasteiger partial charge in [0, 0.05) is 19.3 Å². The molecule has 19 heavy (non-hydrogen) atoms. The number of nitrogens with one attached hydrogen (secondary N) is 1. The largest absolute Gasteiger partial charge is 0.448 e. The summed E-state index contributed by atoms with van der Waals surface area (Å²) in [6.07, 6.45) is 5.35. The number of rotatable bonds is 4. The number of amides is 1. The van der Waals surface area contributed by atoms with E-state index in [1.807, 2.05) is 0 Å². The first-order valence-electron chi connectivity index (χ1n) is 6.70. The minimum absolute atomic E-state index is 0.213. The van der Waals surface area contributed by atoms with E-state index in [-0.39, 0.29) is 11.9 Å². The van der Waals surface area contributed by atoms with Crippen molar-refractivity contribution in [3.05, 3.63) is 24.0 Å². The third kappa shape index (κ3) is 3.36. The van der Waals surface area contributed by atoms with Crippen molar-refractivity contribution < 1.29 is 14.3 Å². The zero-order chi connectivity index (χ0) is 13.8. The number of nitrogens with zero attached hydrogens (tertiary/aromatic N) is 1. The average Bonchev–Trinajstić information content (AvgIpc) is 3.00. The van der Waals surface area contributed by atoms with Gasteiger partial charge in [-0.1, -0.05) is 12.8 Å². The predicted octanol–water partition coefficient (Wildman–Crippen LogP) is 1.63. The topological polar surface area (TPSA) is 60.3 Å². The molecule has 2 rings (SSSR count). The Balaban J connectivity index is 1.86. The fraction of sp³-hybridized carbons (Fsp3) is 0.571. The highest BCUT2D eigenvalue weighted by Gasteiger charge is 2.24. The van der Waals surface area contributed by atoms with Crippen LogP contribution in [0.4, 0.5) is 0 Å². The van der Waals surface area contributed by atoms with Crippen molar-refractivity contribution >= 4 is 11.9 Å². The normalized spacial score (nSPS) is 17.2. The summed E-state index contributed by atoms with van der Waals surface area (Å²) >= 11 is 0. The molecule has 1 amide bonds. The Morgan fingerprint density at radius 1 is 1.42 bits per heavy atom. The van der Waals surface area contributed by atoms with Gasteiger partial charge in [0.15, 0.2) is 6.10 Å². The molecular formula is C14H20N2O3. The van der Waals surface area contributed by atoms with Crippen molar-refractivity contribution in [2.45, 2.75) is 44.8 Å². The number of esters is 1. The van der Waals surface area contributed by atoms with Crippen LogP contribution in [0.5, 0.6) is 0 Å². The lowest BCUT2D eigenvalue weighted by Gasteiger charge is -2.17. The Morgan fingerprint density at radius 2 is 2.11 bits per heavy atom. The number of aromatic nitrogens is 1. The summed E-state index contributed by atoms with van der Waals surface area (Å²) in [5.74, 6) is -0.684. The van der Waals surface area contributed by atoms with Crippen molar-refractivity contribution in [2.24, 2.45) is 7.05 Å². The van der Waals surface area contributed by atoms with E-state index in [2.05, 4.69) is 5.32 Å². The van der Waals surface area contributed by atoms with E-state index in [0.29, 0.717) is 5.69 Å². The Kier molecular flexibility index (Phi) is 4.24. The molecular weight excluding hydrogens is 244 g/mol. The van der Waals surface area contributed by atoms with Crippen molar-refractivity contribution in [3.8, 4) is 0 Å². The Labute approximate surface area is 112 Å². The third-order valence-corrected chi connectivity index (χ3v) is 3.51. The summed E-state index contributed by atoms with van der Waals surface area (Å²) in [7, 11) is 1.76. The highest BCUT2D eigenvalue weighted by molar-refractivity contribution is 5.91. The first-order valence-corrected chi connectivity index (χ1v) is 6.70. The third-order valence-electron chi connectivity index (χ3n) is 3.51. The second-order valence-corrected chi connectivity index (χ2v) is 5.04. The molecule has 5 nitrogen and oxygen atoms in total. The molecule has 1 heterocycles. The van der Waals surface area contributed by atoms with E-state index in [9.17, 15) is 9.59 Å². The maximum atomic E-state index is 11.9. The van der Waals surface area contributed by atoms with E-state index in [1.165, 1.54) is 0 Å². The quantitative estimate of drug-likeness (QED) is 0.841. The van der Waals surface area contributed by atoms with Crippen LogP contribution in [-0.2, 0) is 16.6 Å². The second kappa shape index (κ2) is 5.91. The average molecular weight is 264 g/mol. The minimum atomic E-state index is -0.761. The highest BCUT2D eigenvalue weighted by atomic mass is 16.5. The first kappa shape index (κ1) is 13.6. The molecule has 1 N–H and O–H groups in total. The first-order chi connectivity index (χ1) is 9.08. The maximum absolute atomic E-state index is 11.9. The SMILES string of the molecule is C[C@H](OC(=O)c1cccn1C)C(=O)NC1CCCC1. The van der Waals surface area contributed by atoms with Gasteiger partial charge in [0.2, 0.25) is 0 Å². The van der Waals surface area contributed by atoms with Crippen molar-refractivity contribution in [1.82, 2.24) is 9.88 Å². The number of aryl methyl sites for hydroxylation is 1. The van der Waals surface area contributed by atoms with Crippen LogP contribution in [0, 0.1) is 0 Å². The number of carbonyl (C=O) groups excluding carboxylic acids is 2. The summed E-state index contributed by atoms with van der Waals surface area (Å²) in [6.45, 7) is 1.60. The minimum Gasteiger partial charge on any atom is -0.448 e. The molecule has 0 radical (unpaired) electrons. The van der Waals surface area contributed by atoms with Crippen LogP contribution < -0.4 is 5.32 Å². The summed E-state index contributed by atoms with van der Waals surface area (Å²) in [5, 5.41) is 2.92. The molecule has 5 heteroatoms. The molecule has 0 bridgehead atoms. The molecule has 1 aliphatic rings. The highest BCUT2D eigenvalue weighted by Crippen LogP contribution is 2.17. The smallest absolute Gasteiger partial charge is 0.355 e. The second-order valence-electron chi connectivity index (χ2n) is 5.04. The van der Waals surface area contributed by atoms with E-state index < -0.39 is 12.1 Å². The Bertz CT molecular complexity index is 461. The van der Waals surface area contributed by atoms with Gasteiger partial charge in [0.1, 0.15) is 5.69 Å². The van der Waals surface area contributed by atoms with E-state index >= 15 is 0 Å². The molecule has 0 aliphatic heterocycles. The van der Waals surface area contributed by atoms with Crippen LogP contribution in [0.1, 0.15) is 43.1 Å². The van der Waals surface area contributed by atoms with Gasteiger partial charge >= 0.3 is 5.97 Å². The molecule has 1 atom stereocenters. The monoisotopic (exact) mass is 264 g/mol. The zero-order valence-corrected chi connectivity index (χ0v) is 11.4. The van der Waals surface area contributed by atoms with Gasteiger partial charge in [-0.05, 0) is 31.9 Å². The summed E-state index contributed by atoms with van der Waals surface area (Å²) in [4.78, 5) is 23.7. The molecule has 0 saturated heterocycles. The van der Waals surface area contributed by atoms with Crippen LogP contribution in [0.25, 0.3) is 0 Å². The van der Waals surface area contributed by atoms with Gasteiger partial charge in [-0.3, -0.25) is 4.79 Å². The van der Waals surface area contributed by atoms with Crippen molar-refractivity contribution in [2.75, 3.05) is 0 Å². The van der Waals surface area contributed by atoms with Gasteiger partial charge in [0.25, 0.3) is 5.91 Å². The molecule has 0 spiro atoms. The van der Waals surface area contributed by atoms with Gasteiger partial charge in [-0.15, -0.1) is 0 Å². The van der Waals surface area contributed by atoms with E-state index in [4.69, 9.17) is 4.74 Å². The number of hydrogen-bond donors (Lipinski definition) is 1. The molecule has 1 saturated carbocycles. The van der Waals surface area contributed by atoms with Crippen LogP contribution in [0.3, 0.4) is 0 Å². The maximum Gasteiger partial charge on any atom is 0.355 e. The van der Waals surface area contributed by atoms with Crippen LogP contribution >= 0.6 is 0 Å². The van der Waals surface area contributed by atoms with Gasteiger partial charge in [-0.25, -0.2) is 4.79 Å². The molecule has 1 aromatic rings. The van der Waals surface area contributed by atoms with Crippen LogP contribution in [0.2, 0.25) is 0 Å². The van der Waals surface area contributed by atoms with E-state index in [1.54, 1.807) is 36.9 Å². The molecule has 104 valence electrons. The molecule has 1 aromatic heterocycles. The number of ether oxygens (including phenoxy) is 1. The molecule has 1 fully saturated rings. The number of carbonyl (C=O) groups is 2. The van der Waals surface area contributed by atoms with Gasteiger partial charge in [-0.2, -0.15) is 0 Å². The number of hydrogen-bond acceptors (Lipinski definition) is 3. The fourth-order valence-corrected chi connectivity index (χ4v) is 2.34.